The summed E-state index contributed by atoms with van der Waals surface area (Å²) in [5.74, 6) is 0.364. The zero-order valence-electron chi connectivity index (χ0n) is 13.9. The van der Waals surface area contributed by atoms with E-state index < -0.39 is 0 Å². The molecule has 2 aromatic rings. The summed E-state index contributed by atoms with van der Waals surface area (Å²) in [5, 5.41) is 3.03. The van der Waals surface area contributed by atoms with E-state index in [9.17, 15) is 4.79 Å². The van der Waals surface area contributed by atoms with Gasteiger partial charge in [-0.1, -0.05) is 32.6 Å². The van der Waals surface area contributed by atoms with Crippen LogP contribution in [0, 0.1) is 5.92 Å². The highest BCUT2D eigenvalue weighted by Crippen LogP contribution is 2.23. The van der Waals surface area contributed by atoms with Crippen molar-refractivity contribution in [2.75, 3.05) is 0 Å². The summed E-state index contributed by atoms with van der Waals surface area (Å²) in [6.07, 6.45) is 11.8. The summed E-state index contributed by atoms with van der Waals surface area (Å²) in [4.78, 5) is 21.4. The van der Waals surface area contributed by atoms with Crippen LogP contribution in [0.2, 0.25) is 0 Å². The van der Waals surface area contributed by atoms with Crippen LogP contribution < -0.4 is 5.32 Å². The standard InChI is InChI=1S/C18H26N4O/c1-2-3-10-22-11-9-16-17(22)19-12-15(21-16)13-20-18(23)14-7-5-4-6-8-14/h9,11-12,14H,2-8,10,13H2,1H3,(H,20,23). The van der Waals surface area contributed by atoms with E-state index >= 15 is 0 Å². The van der Waals surface area contributed by atoms with Crippen LogP contribution in [0.5, 0.6) is 0 Å². The Morgan fingerprint density at radius 3 is 2.96 bits per heavy atom. The molecule has 2 aromatic heterocycles. The Kier molecular flexibility index (Phi) is 5.26. The van der Waals surface area contributed by atoms with Gasteiger partial charge in [-0.05, 0) is 25.3 Å². The van der Waals surface area contributed by atoms with Crippen molar-refractivity contribution >= 4 is 17.1 Å². The fraction of sp³-hybridized carbons (Fsp3) is 0.611. The van der Waals surface area contributed by atoms with Crippen molar-refractivity contribution in [1.29, 1.82) is 0 Å². The number of hydrogen-bond acceptors (Lipinski definition) is 3. The van der Waals surface area contributed by atoms with Crippen LogP contribution in [0.4, 0.5) is 0 Å². The first-order valence-electron chi connectivity index (χ1n) is 8.86. The quantitative estimate of drug-likeness (QED) is 0.888. The maximum absolute atomic E-state index is 12.2. The number of unbranched alkanes of at least 4 members (excludes halogenated alkanes) is 1. The number of rotatable bonds is 6. The van der Waals surface area contributed by atoms with Crippen LogP contribution in [0.3, 0.4) is 0 Å². The maximum atomic E-state index is 12.2. The van der Waals surface area contributed by atoms with E-state index in [2.05, 4.69) is 26.8 Å². The number of carbonyl (C=O) groups excluding carboxylic acids is 1. The Morgan fingerprint density at radius 2 is 2.17 bits per heavy atom. The Labute approximate surface area is 137 Å². The average molecular weight is 314 g/mol. The van der Waals surface area contributed by atoms with Gasteiger partial charge in [0, 0.05) is 18.7 Å². The van der Waals surface area contributed by atoms with Gasteiger partial charge in [-0.2, -0.15) is 0 Å². The fourth-order valence-electron chi connectivity index (χ4n) is 3.28. The summed E-state index contributed by atoms with van der Waals surface area (Å²) in [6.45, 7) is 3.63. The normalized spacial score (nSPS) is 15.9. The molecule has 0 spiro atoms. The summed E-state index contributed by atoms with van der Waals surface area (Å²) in [5.41, 5.74) is 2.67. The lowest BCUT2D eigenvalue weighted by molar-refractivity contribution is -0.126. The molecule has 3 rings (SSSR count). The van der Waals surface area contributed by atoms with Gasteiger partial charge in [0.1, 0.15) is 5.52 Å². The zero-order valence-corrected chi connectivity index (χ0v) is 13.9. The number of amides is 1. The van der Waals surface area contributed by atoms with Crippen molar-refractivity contribution in [2.45, 2.75) is 65.0 Å². The summed E-state index contributed by atoms with van der Waals surface area (Å²) >= 11 is 0. The molecule has 0 atom stereocenters. The van der Waals surface area contributed by atoms with Gasteiger partial charge in [-0.3, -0.25) is 4.79 Å². The molecule has 0 radical (unpaired) electrons. The lowest BCUT2D eigenvalue weighted by atomic mass is 9.89. The van der Waals surface area contributed by atoms with E-state index in [0.29, 0.717) is 6.54 Å². The van der Waals surface area contributed by atoms with Gasteiger partial charge in [0.2, 0.25) is 5.91 Å². The molecule has 0 unspecified atom stereocenters. The minimum absolute atomic E-state index is 0.173. The van der Waals surface area contributed by atoms with Crippen LogP contribution in [0.1, 0.15) is 57.6 Å². The Morgan fingerprint density at radius 1 is 1.35 bits per heavy atom. The molecule has 1 amide bonds. The SMILES string of the molecule is CCCCn1ccc2nc(CNC(=O)C3CCCCC3)cnc21. The first-order chi connectivity index (χ1) is 11.3. The van der Waals surface area contributed by atoms with Crippen molar-refractivity contribution in [3.8, 4) is 0 Å². The Bertz CT molecular complexity index is 658. The van der Waals surface area contributed by atoms with Crippen molar-refractivity contribution < 1.29 is 4.79 Å². The molecule has 1 saturated carbocycles. The number of fused-ring (bicyclic) bond motifs is 1. The molecule has 1 aliphatic carbocycles. The highest BCUT2D eigenvalue weighted by Gasteiger charge is 2.20. The van der Waals surface area contributed by atoms with Crippen molar-refractivity contribution in [3.05, 3.63) is 24.2 Å². The smallest absolute Gasteiger partial charge is 0.223 e. The van der Waals surface area contributed by atoms with Gasteiger partial charge in [-0.25, -0.2) is 9.97 Å². The molecule has 5 heteroatoms. The van der Waals surface area contributed by atoms with Gasteiger partial charge < -0.3 is 9.88 Å². The maximum Gasteiger partial charge on any atom is 0.223 e. The Hall–Kier alpha value is -1.91. The molecule has 0 aromatic carbocycles. The second-order valence-corrected chi connectivity index (χ2v) is 6.49. The number of carbonyl (C=O) groups is 1. The number of nitrogens with one attached hydrogen (secondary N) is 1. The van der Waals surface area contributed by atoms with Crippen molar-refractivity contribution in [1.82, 2.24) is 19.9 Å². The van der Waals surface area contributed by atoms with E-state index in [1.165, 1.54) is 25.7 Å². The van der Waals surface area contributed by atoms with Crippen molar-refractivity contribution in [2.24, 2.45) is 5.92 Å². The third-order valence-corrected chi connectivity index (χ3v) is 4.69. The fourth-order valence-corrected chi connectivity index (χ4v) is 3.28. The van der Waals surface area contributed by atoms with E-state index in [4.69, 9.17) is 0 Å². The minimum Gasteiger partial charge on any atom is -0.350 e. The first-order valence-corrected chi connectivity index (χ1v) is 8.86. The second-order valence-electron chi connectivity index (χ2n) is 6.49. The molecule has 1 N–H and O–H groups in total. The molecule has 0 bridgehead atoms. The second kappa shape index (κ2) is 7.57. The third kappa shape index (κ3) is 3.89. The molecule has 2 heterocycles. The van der Waals surface area contributed by atoms with Crippen LogP contribution in [0.15, 0.2) is 18.5 Å². The van der Waals surface area contributed by atoms with Crippen LogP contribution in [-0.4, -0.2) is 20.4 Å². The van der Waals surface area contributed by atoms with Gasteiger partial charge >= 0.3 is 0 Å². The molecule has 5 nitrogen and oxygen atoms in total. The predicted octanol–water partition coefficient (Wildman–Crippen LogP) is 3.43. The molecule has 1 aliphatic rings. The van der Waals surface area contributed by atoms with Gasteiger partial charge in [0.05, 0.1) is 18.4 Å². The predicted molar refractivity (Wildman–Crippen MR) is 90.9 cm³/mol. The first kappa shape index (κ1) is 16.0. The zero-order chi connectivity index (χ0) is 16.1. The topological polar surface area (TPSA) is 59.8 Å². The van der Waals surface area contributed by atoms with Crippen molar-refractivity contribution in [3.63, 3.8) is 0 Å². The number of hydrogen-bond donors (Lipinski definition) is 1. The van der Waals surface area contributed by atoms with Crippen LogP contribution >= 0.6 is 0 Å². The molecule has 23 heavy (non-hydrogen) atoms. The molecule has 0 aliphatic heterocycles. The summed E-state index contributed by atoms with van der Waals surface area (Å²) in [7, 11) is 0. The summed E-state index contributed by atoms with van der Waals surface area (Å²) < 4.78 is 2.15. The third-order valence-electron chi connectivity index (χ3n) is 4.69. The molecule has 0 saturated heterocycles. The van der Waals surface area contributed by atoms with E-state index in [1.807, 2.05) is 12.3 Å². The van der Waals surface area contributed by atoms with Gasteiger partial charge in [0.15, 0.2) is 5.65 Å². The summed E-state index contributed by atoms with van der Waals surface area (Å²) in [6, 6.07) is 2.00. The van der Waals surface area contributed by atoms with Crippen LogP contribution in [-0.2, 0) is 17.9 Å². The average Bonchev–Trinajstić information content (AvgIpc) is 3.01. The lowest BCUT2D eigenvalue weighted by Gasteiger charge is -2.20. The number of nitrogens with zero attached hydrogens (tertiary/aromatic N) is 3. The van der Waals surface area contributed by atoms with Crippen LogP contribution in [0.25, 0.3) is 11.2 Å². The monoisotopic (exact) mass is 314 g/mol. The number of aryl methyl sites for hydroxylation is 1. The Balaban J connectivity index is 1.61. The van der Waals surface area contributed by atoms with E-state index in [-0.39, 0.29) is 11.8 Å². The highest BCUT2D eigenvalue weighted by molar-refractivity contribution is 5.78. The molecule has 124 valence electrons. The minimum atomic E-state index is 0.173. The molecule has 1 fully saturated rings. The number of aromatic nitrogens is 3. The van der Waals surface area contributed by atoms with E-state index in [1.54, 1.807) is 6.20 Å². The van der Waals surface area contributed by atoms with Gasteiger partial charge in [-0.15, -0.1) is 0 Å². The van der Waals surface area contributed by atoms with Gasteiger partial charge in [0.25, 0.3) is 0 Å². The highest BCUT2D eigenvalue weighted by atomic mass is 16.1. The largest absolute Gasteiger partial charge is 0.350 e. The molecular formula is C18H26N4O. The lowest BCUT2D eigenvalue weighted by Crippen LogP contribution is -2.31. The van der Waals surface area contributed by atoms with E-state index in [0.717, 1.165) is 42.7 Å². The molecular weight excluding hydrogens is 288 g/mol.